The fraction of sp³-hybridized carbons (Fsp3) is 0.707. The largest absolute Gasteiger partial charge is 0.756 e. The third-order valence-electron chi connectivity index (χ3n) is 16.2. The van der Waals surface area contributed by atoms with Crippen LogP contribution in [-0.2, 0) is 32.7 Å². The third-order valence-corrected chi connectivity index (χ3v) is 17.1. The Morgan fingerprint density at radius 3 is 0.924 bits per heavy atom. The van der Waals surface area contributed by atoms with Gasteiger partial charge in [0.2, 0.25) is 0 Å². The van der Waals surface area contributed by atoms with Crippen molar-refractivity contribution in [1.29, 1.82) is 0 Å². The van der Waals surface area contributed by atoms with Crippen molar-refractivity contribution in [2.75, 3.05) is 47.5 Å². The number of phosphoric acid groups is 1. The van der Waals surface area contributed by atoms with Crippen LogP contribution in [-0.4, -0.2) is 70.0 Å². The van der Waals surface area contributed by atoms with Gasteiger partial charge in [-0.15, -0.1) is 0 Å². The van der Waals surface area contributed by atoms with E-state index in [1.54, 1.807) is 0 Å². The normalized spacial score (nSPS) is 13.8. The molecule has 0 aromatic carbocycles. The first kappa shape index (κ1) is 88.2. The molecule has 0 spiro atoms. The molecular formula is C82H142NO8P. The van der Waals surface area contributed by atoms with Crippen molar-refractivity contribution in [3.63, 3.8) is 0 Å². The summed E-state index contributed by atoms with van der Waals surface area (Å²) in [6, 6.07) is 0. The Labute approximate surface area is 568 Å². The van der Waals surface area contributed by atoms with Crippen LogP contribution in [0.15, 0.2) is 134 Å². The highest BCUT2D eigenvalue weighted by atomic mass is 31.2. The molecular weight excluding hydrogens is 1160 g/mol. The second-order valence-electron chi connectivity index (χ2n) is 26.3. The van der Waals surface area contributed by atoms with Crippen LogP contribution in [0.1, 0.15) is 322 Å². The Morgan fingerprint density at radius 2 is 0.620 bits per heavy atom. The van der Waals surface area contributed by atoms with Crippen molar-refractivity contribution in [2.45, 2.75) is 328 Å². The highest BCUT2D eigenvalue weighted by Crippen LogP contribution is 2.38. The zero-order chi connectivity index (χ0) is 66.9. The number of hydrogen-bond donors (Lipinski definition) is 0. The van der Waals surface area contributed by atoms with Gasteiger partial charge in [-0.25, -0.2) is 0 Å². The van der Waals surface area contributed by atoms with Gasteiger partial charge in [-0.2, -0.15) is 0 Å². The smallest absolute Gasteiger partial charge is 0.306 e. The molecule has 0 heterocycles. The van der Waals surface area contributed by atoms with Crippen LogP contribution < -0.4 is 4.89 Å². The number of carbonyl (C=O) groups is 2. The van der Waals surface area contributed by atoms with Gasteiger partial charge in [0.05, 0.1) is 27.7 Å². The quantitative estimate of drug-likeness (QED) is 0.0195. The number of rotatable bonds is 69. The van der Waals surface area contributed by atoms with E-state index in [1.165, 1.54) is 180 Å². The lowest BCUT2D eigenvalue weighted by molar-refractivity contribution is -0.870. The zero-order valence-corrected chi connectivity index (χ0v) is 61.1. The van der Waals surface area contributed by atoms with Crippen LogP contribution in [0.5, 0.6) is 0 Å². The van der Waals surface area contributed by atoms with Crippen molar-refractivity contribution in [2.24, 2.45) is 0 Å². The molecule has 0 rings (SSSR count). The topological polar surface area (TPSA) is 111 Å². The van der Waals surface area contributed by atoms with Crippen LogP contribution in [0.2, 0.25) is 0 Å². The first-order valence-electron chi connectivity index (χ1n) is 37.9. The number of quaternary nitrogens is 1. The van der Waals surface area contributed by atoms with Gasteiger partial charge in [0.25, 0.3) is 7.82 Å². The maximum atomic E-state index is 12.9. The predicted octanol–water partition coefficient (Wildman–Crippen LogP) is 24.5. The maximum Gasteiger partial charge on any atom is 0.306 e. The average Bonchev–Trinajstić information content (AvgIpc) is 2.34. The number of allylic oxidation sites excluding steroid dienone is 22. The first-order valence-corrected chi connectivity index (χ1v) is 39.4. The minimum atomic E-state index is -4.65. The van der Waals surface area contributed by atoms with Crippen molar-refractivity contribution < 1.29 is 42.1 Å². The van der Waals surface area contributed by atoms with Crippen LogP contribution >= 0.6 is 7.82 Å². The summed E-state index contributed by atoms with van der Waals surface area (Å²) in [6.07, 6.45) is 104. The molecule has 528 valence electrons. The van der Waals surface area contributed by atoms with Gasteiger partial charge in [-0.1, -0.05) is 327 Å². The summed E-state index contributed by atoms with van der Waals surface area (Å²) in [4.78, 5) is 38.1. The van der Waals surface area contributed by atoms with Crippen LogP contribution in [0, 0.1) is 0 Å². The summed E-state index contributed by atoms with van der Waals surface area (Å²) in [5, 5.41) is 0. The molecule has 0 radical (unpaired) electrons. The number of carbonyl (C=O) groups excluding carboxylic acids is 2. The van der Waals surface area contributed by atoms with Gasteiger partial charge < -0.3 is 27.9 Å². The van der Waals surface area contributed by atoms with Crippen LogP contribution in [0.3, 0.4) is 0 Å². The summed E-state index contributed by atoms with van der Waals surface area (Å²) >= 11 is 0. The van der Waals surface area contributed by atoms with E-state index in [1.807, 2.05) is 21.1 Å². The van der Waals surface area contributed by atoms with E-state index < -0.39 is 26.5 Å². The van der Waals surface area contributed by atoms with E-state index in [2.05, 4.69) is 148 Å². The van der Waals surface area contributed by atoms with Crippen LogP contribution in [0.4, 0.5) is 0 Å². The minimum Gasteiger partial charge on any atom is -0.756 e. The van der Waals surface area contributed by atoms with E-state index in [0.29, 0.717) is 17.4 Å². The number of unbranched alkanes of at least 4 members (excludes halogenated alkanes) is 33. The molecule has 0 saturated heterocycles. The molecule has 9 nitrogen and oxygen atoms in total. The van der Waals surface area contributed by atoms with Gasteiger partial charge in [-0.3, -0.25) is 14.2 Å². The number of phosphoric ester groups is 1. The van der Waals surface area contributed by atoms with Gasteiger partial charge in [0.15, 0.2) is 6.10 Å². The van der Waals surface area contributed by atoms with E-state index in [9.17, 15) is 19.0 Å². The Hall–Kier alpha value is -3.85. The lowest BCUT2D eigenvalue weighted by Crippen LogP contribution is -2.37. The highest BCUT2D eigenvalue weighted by Gasteiger charge is 2.22. The third kappa shape index (κ3) is 75.2. The molecule has 92 heavy (non-hydrogen) atoms. The maximum absolute atomic E-state index is 12.9. The van der Waals surface area contributed by atoms with E-state index in [4.69, 9.17) is 18.5 Å². The second-order valence-corrected chi connectivity index (χ2v) is 27.7. The van der Waals surface area contributed by atoms with Gasteiger partial charge in [-0.05, 0) is 116 Å². The lowest BCUT2D eigenvalue weighted by atomic mass is 10.0. The Balaban J connectivity index is 4.06. The summed E-state index contributed by atoms with van der Waals surface area (Å²) in [7, 11) is 1.16. The monoisotopic (exact) mass is 1300 g/mol. The van der Waals surface area contributed by atoms with Gasteiger partial charge in [0.1, 0.15) is 19.8 Å². The molecule has 0 aromatic heterocycles. The fourth-order valence-corrected chi connectivity index (χ4v) is 11.1. The summed E-state index contributed by atoms with van der Waals surface area (Å²) in [6.45, 7) is 4.13. The number of nitrogens with zero attached hydrogens (tertiary/aromatic N) is 1. The minimum absolute atomic E-state index is 0.0367. The molecule has 0 fully saturated rings. The molecule has 2 atom stereocenters. The molecule has 0 aliphatic carbocycles. The average molecular weight is 1300 g/mol. The SMILES string of the molecule is CC/C=C\C/C=C\C/C=C\C/C=C\C/C=C\C/C=C\C/C=C\C/C=C\C/C=C\CCCCCCCCCCCC(=O)OC(COC(=O)CCCCCCCCCCCCCCCCCCCCC/C=C\C/C=C\CCCCCCC)COP(=O)([O-])OCC[N+](C)(C)C. The fourth-order valence-electron chi connectivity index (χ4n) is 10.4. The van der Waals surface area contributed by atoms with E-state index in [-0.39, 0.29) is 32.0 Å². The van der Waals surface area contributed by atoms with Crippen molar-refractivity contribution in [3.8, 4) is 0 Å². The summed E-state index contributed by atoms with van der Waals surface area (Å²) in [5.74, 6) is -0.836. The zero-order valence-electron chi connectivity index (χ0n) is 60.2. The van der Waals surface area contributed by atoms with E-state index in [0.717, 1.165) is 109 Å². The Kier molecular flexibility index (Phi) is 68.5. The second kappa shape index (κ2) is 71.4. The first-order chi connectivity index (χ1) is 45.0. The standard InChI is InChI=1S/C82H142NO8P/c1-6-8-10-12-14-16-18-20-22-24-26-28-30-32-34-36-38-39-40-41-42-43-45-47-49-51-53-55-57-59-61-63-65-67-69-71-73-75-82(85)91-80(79-90-92(86,87)89-77-76-83(3,4)5)78-88-81(84)74-72-70-68-66-64-62-60-58-56-54-52-50-48-46-44-37-35-33-31-29-27-25-23-21-19-17-15-13-11-9-7-2/h8,10,14,16,19-22,25-28,32,34,38-39,41-42,45,47,51,53,80H,6-7,9,11-13,15,17-18,23-24,29-31,33,35-37,40,43-44,46,48-50,52,54-79H2,1-5H3/b10-8-,16-14-,21-19-,22-20-,27-25-,28-26-,34-32-,39-38-,42-41-,47-45-,53-51-. The lowest BCUT2D eigenvalue weighted by Gasteiger charge is -2.28. The number of likely N-dealkylation sites (N-methyl/N-ethyl adjacent to an activating group) is 1. The molecule has 0 aromatic rings. The van der Waals surface area contributed by atoms with Crippen LogP contribution in [0.25, 0.3) is 0 Å². The predicted molar refractivity (Wildman–Crippen MR) is 397 cm³/mol. The highest BCUT2D eigenvalue weighted by molar-refractivity contribution is 7.45. The Morgan fingerprint density at radius 1 is 0.348 bits per heavy atom. The van der Waals surface area contributed by atoms with E-state index >= 15 is 0 Å². The summed E-state index contributed by atoms with van der Waals surface area (Å²) in [5.41, 5.74) is 0. The number of esters is 2. The van der Waals surface area contributed by atoms with Crippen molar-refractivity contribution in [3.05, 3.63) is 134 Å². The molecule has 0 saturated carbocycles. The number of hydrogen-bond acceptors (Lipinski definition) is 8. The molecule has 0 N–H and O–H groups in total. The molecule has 2 unspecified atom stereocenters. The molecule has 0 aliphatic rings. The summed E-state index contributed by atoms with van der Waals surface area (Å²) < 4.78 is 34.4. The Bertz CT molecular complexity index is 2020. The van der Waals surface area contributed by atoms with Crippen molar-refractivity contribution in [1.82, 2.24) is 0 Å². The van der Waals surface area contributed by atoms with Crippen molar-refractivity contribution >= 4 is 19.8 Å². The molecule has 0 bridgehead atoms. The van der Waals surface area contributed by atoms with Gasteiger partial charge >= 0.3 is 11.9 Å². The molecule has 0 aliphatic heterocycles. The molecule has 0 amide bonds. The molecule has 10 heteroatoms. The van der Waals surface area contributed by atoms with Gasteiger partial charge in [0, 0.05) is 12.8 Å². The number of ether oxygens (including phenoxy) is 2.